The normalized spacial score (nSPS) is 13.8. The predicted octanol–water partition coefficient (Wildman–Crippen LogP) is 9.78. The molecule has 2 aliphatic heterocycles. The lowest BCUT2D eigenvalue weighted by Gasteiger charge is -2.50. The van der Waals surface area contributed by atoms with E-state index in [1.165, 1.54) is 77.5 Å². The summed E-state index contributed by atoms with van der Waals surface area (Å²) in [5, 5.41) is 2.54. The second-order valence-electron chi connectivity index (χ2n) is 14.0. The van der Waals surface area contributed by atoms with Crippen LogP contribution in [0.5, 0.6) is 0 Å². The molecule has 52 heavy (non-hydrogen) atoms. The summed E-state index contributed by atoms with van der Waals surface area (Å²) >= 11 is 0. The maximum Gasteiger partial charge on any atom is 0.246 e. The minimum atomic E-state index is -0.524. The Morgan fingerprint density at radius 2 is 0.962 bits per heavy atom. The third-order valence-corrected chi connectivity index (χ3v) is 11.5. The van der Waals surface area contributed by atoms with Crippen LogP contribution in [-0.2, 0) is 5.41 Å². The van der Waals surface area contributed by atoms with Crippen molar-refractivity contribution in [3.8, 4) is 5.69 Å². The number of rotatable bonds is 4. The van der Waals surface area contributed by atoms with Gasteiger partial charge in [0.2, 0.25) is 6.71 Å². The molecule has 0 unspecified atom stereocenters. The van der Waals surface area contributed by atoms with Crippen LogP contribution in [0, 0.1) is 0 Å². The molecule has 3 heterocycles. The molecule has 242 valence electrons. The Morgan fingerprint density at radius 1 is 0.404 bits per heavy atom. The third-order valence-electron chi connectivity index (χ3n) is 11.5. The van der Waals surface area contributed by atoms with E-state index in [0.29, 0.717) is 0 Å². The summed E-state index contributed by atoms with van der Waals surface area (Å²) in [5.74, 6) is 0. The van der Waals surface area contributed by atoms with E-state index in [9.17, 15) is 0 Å². The van der Waals surface area contributed by atoms with Crippen molar-refractivity contribution in [1.82, 2.24) is 4.57 Å². The van der Waals surface area contributed by atoms with E-state index >= 15 is 0 Å². The molecule has 8 aromatic carbocycles. The lowest BCUT2D eigenvalue weighted by atomic mass is 9.34. The largest absolute Gasteiger partial charge is 0.311 e. The molecule has 0 amide bonds. The Balaban J connectivity index is 1.27. The van der Waals surface area contributed by atoms with E-state index in [0.717, 1.165) is 5.69 Å². The molecule has 0 saturated carbocycles. The van der Waals surface area contributed by atoms with Gasteiger partial charge in [0.1, 0.15) is 0 Å². The first-order chi connectivity index (χ1) is 25.8. The van der Waals surface area contributed by atoms with Crippen LogP contribution in [0.15, 0.2) is 200 Å². The first-order valence-electron chi connectivity index (χ1n) is 18.2. The van der Waals surface area contributed by atoms with Crippen LogP contribution < -0.4 is 21.3 Å². The topological polar surface area (TPSA) is 8.17 Å². The molecule has 2 nitrogen and oxygen atoms in total. The summed E-state index contributed by atoms with van der Waals surface area (Å²) in [4.78, 5) is 2.58. The quantitative estimate of drug-likeness (QED) is 0.171. The van der Waals surface area contributed by atoms with Gasteiger partial charge in [0, 0.05) is 27.8 Å². The van der Waals surface area contributed by atoms with Crippen LogP contribution in [-0.4, -0.2) is 11.3 Å². The molecule has 11 rings (SSSR count). The van der Waals surface area contributed by atoms with Crippen molar-refractivity contribution in [1.29, 1.82) is 0 Å². The van der Waals surface area contributed by atoms with E-state index in [1.54, 1.807) is 0 Å². The Kier molecular flexibility index (Phi) is 6.29. The third kappa shape index (κ3) is 3.91. The average molecular weight is 661 g/mol. The SMILES string of the molecule is c1ccc(B2c3ccc(-n4c5ccccc5c5ccccc54)cc3N3c4ccccc4C(c4ccccc4)(c4ccccc4)c4cccc2c43)cc1. The van der Waals surface area contributed by atoms with Gasteiger partial charge in [0.05, 0.1) is 22.1 Å². The highest BCUT2D eigenvalue weighted by Crippen LogP contribution is 2.57. The number of para-hydroxylation sites is 4. The highest BCUT2D eigenvalue weighted by atomic mass is 15.2. The smallest absolute Gasteiger partial charge is 0.246 e. The second-order valence-corrected chi connectivity index (χ2v) is 14.0. The molecule has 0 radical (unpaired) electrons. The second kappa shape index (κ2) is 11.2. The van der Waals surface area contributed by atoms with Gasteiger partial charge < -0.3 is 9.47 Å². The number of benzene rings is 8. The molecule has 9 aromatic rings. The zero-order chi connectivity index (χ0) is 34.2. The van der Waals surface area contributed by atoms with Crippen molar-refractivity contribution in [3.63, 3.8) is 0 Å². The zero-order valence-electron chi connectivity index (χ0n) is 28.5. The van der Waals surface area contributed by atoms with Crippen LogP contribution in [0.3, 0.4) is 0 Å². The molecule has 0 saturated heterocycles. The fourth-order valence-electron chi connectivity index (χ4n) is 9.49. The number of hydrogen-bond acceptors (Lipinski definition) is 1. The Bertz CT molecular complexity index is 2710. The molecular weight excluding hydrogens is 627 g/mol. The summed E-state index contributed by atoms with van der Waals surface area (Å²) in [5.41, 5.74) is 15.8. The maximum absolute atomic E-state index is 2.58. The van der Waals surface area contributed by atoms with Gasteiger partial charge in [-0.15, -0.1) is 0 Å². The summed E-state index contributed by atoms with van der Waals surface area (Å²) in [7, 11) is 0. The predicted molar refractivity (Wildman–Crippen MR) is 218 cm³/mol. The average Bonchev–Trinajstić information content (AvgIpc) is 3.56. The first-order valence-corrected chi connectivity index (χ1v) is 18.2. The monoisotopic (exact) mass is 660 g/mol. The van der Waals surface area contributed by atoms with Crippen molar-refractivity contribution in [3.05, 3.63) is 222 Å². The Labute approximate surface area is 303 Å². The van der Waals surface area contributed by atoms with Crippen LogP contribution in [0.1, 0.15) is 22.3 Å². The molecule has 0 bridgehead atoms. The van der Waals surface area contributed by atoms with E-state index in [2.05, 4.69) is 210 Å². The Morgan fingerprint density at radius 3 is 1.63 bits per heavy atom. The van der Waals surface area contributed by atoms with Gasteiger partial charge in [0.25, 0.3) is 0 Å². The van der Waals surface area contributed by atoms with Crippen molar-refractivity contribution >= 4 is 62.0 Å². The lowest BCUT2D eigenvalue weighted by molar-refractivity contribution is 0.732. The minimum absolute atomic E-state index is 0.0594. The summed E-state index contributed by atoms with van der Waals surface area (Å²) in [6.07, 6.45) is 0. The minimum Gasteiger partial charge on any atom is -0.311 e. The highest BCUT2D eigenvalue weighted by molar-refractivity contribution is 6.98. The standard InChI is InChI=1S/C49H33BN2/c1-4-17-34(18-5-1)49(35-19-6-2-7-20-35)40-25-12-15-30-46(40)52-47-33-37(51-44-28-13-10-23-38(44)39-24-11-14-29-45(39)51)31-32-42(47)50(36-21-8-3-9-22-36)43-27-16-26-41(49)48(43)52/h1-33H. The molecule has 0 spiro atoms. The summed E-state index contributed by atoms with van der Waals surface area (Å²) in [6.45, 7) is 0.0594. The van der Waals surface area contributed by atoms with Crippen LogP contribution in [0.2, 0.25) is 0 Å². The molecule has 0 fully saturated rings. The van der Waals surface area contributed by atoms with Crippen LogP contribution in [0.4, 0.5) is 17.1 Å². The van der Waals surface area contributed by atoms with Crippen LogP contribution >= 0.6 is 0 Å². The number of aromatic nitrogens is 1. The van der Waals surface area contributed by atoms with Crippen molar-refractivity contribution in [2.75, 3.05) is 4.90 Å². The number of fused-ring (bicyclic) bond motifs is 7. The van der Waals surface area contributed by atoms with Crippen molar-refractivity contribution in [2.45, 2.75) is 5.41 Å². The van der Waals surface area contributed by atoms with Gasteiger partial charge >= 0.3 is 0 Å². The van der Waals surface area contributed by atoms with Crippen LogP contribution in [0.25, 0.3) is 27.5 Å². The van der Waals surface area contributed by atoms with Gasteiger partial charge in [0.15, 0.2) is 0 Å². The molecule has 0 aliphatic carbocycles. The Hall–Kier alpha value is -6.58. The maximum atomic E-state index is 2.58. The molecule has 1 aromatic heterocycles. The first kappa shape index (κ1) is 29.2. The molecular formula is C49H33BN2. The molecule has 3 heteroatoms. The fraction of sp³-hybridized carbons (Fsp3) is 0.0204. The number of hydrogen-bond donors (Lipinski definition) is 0. The van der Waals surface area contributed by atoms with Gasteiger partial charge in [-0.2, -0.15) is 0 Å². The molecule has 0 atom stereocenters. The van der Waals surface area contributed by atoms with Gasteiger partial charge in [-0.05, 0) is 63.5 Å². The lowest BCUT2D eigenvalue weighted by Crippen LogP contribution is -2.59. The zero-order valence-corrected chi connectivity index (χ0v) is 28.5. The summed E-state index contributed by atoms with van der Waals surface area (Å²) < 4.78 is 2.44. The molecule has 2 aliphatic rings. The number of anilines is 3. The van der Waals surface area contributed by atoms with E-state index in [4.69, 9.17) is 0 Å². The number of nitrogens with zero attached hydrogens (tertiary/aromatic N) is 2. The van der Waals surface area contributed by atoms with Gasteiger partial charge in [-0.3, -0.25) is 0 Å². The highest BCUT2D eigenvalue weighted by Gasteiger charge is 2.50. The van der Waals surface area contributed by atoms with Crippen molar-refractivity contribution in [2.24, 2.45) is 0 Å². The van der Waals surface area contributed by atoms with Gasteiger partial charge in [-0.1, -0.05) is 175 Å². The fourth-order valence-corrected chi connectivity index (χ4v) is 9.49. The molecule has 0 N–H and O–H groups in total. The summed E-state index contributed by atoms with van der Waals surface area (Å²) in [6, 6.07) is 74.2. The van der Waals surface area contributed by atoms with E-state index in [-0.39, 0.29) is 6.71 Å². The van der Waals surface area contributed by atoms with Gasteiger partial charge in [-0.25, -0.2) is 0 Å². The van der Waals surface area contributed by atoms with E-state index in [1.807, 2.05) is 0 Å². The van der Waals surface area contributed by atoms with E-state index < -0.39 is 5.41 Å². The van der Waals surface area contributed by atoms with Crippen molar-refractivity contribution < 1.29 is 0 Å².